The fourth-order valence-electron chi connectivity index (χ4n) is 5.99. The number of aryl methyl sites for hydroxylation is 1. The summed E-state index contributed by atoms with van der Waals surface area (Å²) < 4.78 is 6.24. The van der Waals surface area contributed by atoms with Gasteiger partial charge in [0.25, 0.3) is 0 Å². The number of Topliss-reactive ketones (excluding diaryl/α,β-unsaturated/α-hetero) is 2. The molecule has 3 heterocycles. The van der Waals surface area contributed by atoms with Crippen LogP contribution in [0, 0.1) is 11.8 Å². The van der Waals surface area contributed by atoms with E-state index < -0.39 is 17.1 Å². The largest absolute Gasteiger partial charge is 0.368 e. The number of rotatable bonds is 3. The summed E-state index contributed by atoms with van der Waals surface area (Å²) in [6.07, 6.45) is 2.38. The van der Waals surface area contributed by atoms with Crippen LogP contribution in [0.2, 0.25) is 10.3 Å². The lowest BCUT2D eigenvalue weighted by Crippen LogP contribution is -2.40. The Balaban J connectivity index is 1.62. The number of carbonyl (C=O) groups is 2. The van der Waals surface area contributed by atoms with E-state index >= 15 is 0 Å². The molecule has 3 aliphatic rings. The number of pyridine rings is 1. The molecular weight excluding hydrogens is 421 g/mol. The van der Waals surface area contributed by atoms with Crippen LogP contribution in [0.1, 0.15) is 50.7 Å². The molecule has 1 unspecified atom stereocenters. The minimum absolute atomic E-state index is 0.00287. The maximum absolute atomic E-state index is 13.6. The first kappa shape index (κ1) is 20.2. The normalized spacial score (nSPS) is 34.6. The van der Waals surface area contributed by atoms with Crippen molar-refractivity contribution in [2.45, 2.75) is 57.2 Å². The number of aromatic nitrogens is 1. The predicted molar refractivity (Wildman–Crippen MR) is 116 cm³/mol. The summed E-state index contributed by atoms with van der Waals surface area (Å²) in [4.78, 5) is 31.3. The number of hydrogen-bond acceptors (Lipinski definition) is 4. The number of carbonyl (C=O) groups excluding carboxylic acids is 2. The third kappa shape index (κ3) is 2.66. The zero-order valence-corrected chi connectivity index (χ0v) is 18.7. The van der Waals surface area contributed by atoms with Crippen molar-refractivity contribution in [3.63, 3.8) is 0 Å². The Kier molecular flexibility index (Phi) is 4.45. The third-order valence-corrected chi connectivity index (χ3v) is 7.88. The van der Waals surface area contributed by atoms with Crippen LogP contribution < -0.4 is 0 Å². The smallest absolute Gasteiger partial charge is 0.154 e. The van der Waals surface area contributed by atoms with Crippen molar-refractivity contribution in [1.82, 2.24) is 4.98 Å². The van der Waals surface area contributed by atoms with Gasteiger partial charge in [-0.05, 0) is 68.0 Å². The average Bonchev–Trinajstić information content (AvgIpc) is 3.25. The molecule has 1 aromatic carbocycles. The lowest BCUT2D eigenvalue weighted by atomic mass is 9.69. The lowest BCUT2D eigenvalue weighted by Gasteiger charge is -2.28. The Hall–Kier alpha value is -1.75. The van der Waals surface area contributed by atoms with Crippen LogP contribution in [0.5, 0.6) is 0 Å². The van der Waals surface area contributed by atoms with Gasteiger partial charge in [0.1, 0.15) is 16.2 Å². The molecule has 0 N–H and O–H groups in total. The van der Waals surface area contributed by atoms with E-state index in [1.165, 1.54) is 0 Å². The van der Waals surface area contributed by atoms with Crippen molar-refractivity contribution < 1.29 is 14.3 Å². The number of benzene rings is 1. The number of ketones is 2. The van der Waals surface area contributed by atoms with E-state index in [-0.39, 0.29) is 23.4 Å². The molecule has 0 radical (unpaired) electrons. The molecule has 5 rings (SSSR count). The van der Waals surface area contributed by atoms with E-state index in [1.807, 2.05) is 45.0 Å². The third-order valence-electron chi connectivity index (χ3n) is 7.38. The Labute approximate surface area is 185 Å². The van der Waals surface area contributed by atoms with E-state index in [4.69, 9.17) is 27.9 Å². The Morgan fingerprint density at radius 1 is 1.03 bits per heavy atom. The minimum Gasteiger partial charge on any atom is -0.368 e. The number of hydrogen-bond donors (Lipinski definition) is 0. The molecule has 5 atom stereocenters. The molecule has 1 saturated carbocycles. The Morgan fingerprint density at radius 3 is 2.23 bits per heavy atom. The van der Waals surface area contributed by atoms with Gasteiger partial charge >= 0.3 is 0 Å². The van der Waals surface area contributed by atoms with Crippen LogP contribution in [0.25, 0.3) is 11.1 Å². The van der Waals surface area contributed by atoms with Crippen LogP contribution in [0.4, 0.5) is 0 Å². The molecule has 2 saturated heterocycles. The lowest BCUT2D eigenvalue weighted by molar-refractivity contribution is -0.132. The van der Waals surface area contributed by atoms with E-state index in [0.717, 1.165) is 41.5 Å². The first-order valence-electron chi connectivity index (χ1n) is 10.4. The average molecular weight is 444 g/mol. The molecule has 2 bridgehead atoms. The Morgan fingerprint density at radius 2 is 1.67 bits per heavy atom. The van der Waals surface area contributed by atoms with Gasteiger partial charge in [0.2, 0.25) is 0 Å². The molecule has 6 heteroatoms. The van der Waals surface area contributed by atoms with Gasteiger partial charge in [0, 0.05) is 5.56 Å². The molecular formula is C24H23Cl2NO3. The van der Waals surface area contributed by atoms with Crippen molar-refractivity contribution in [3.8, 4) is 11.1 Å². The van der Waals surface area contributed by atoms with Crippen molar-refractivity contribution in [2.75, 3.05) is 0 Å². The first-order chi connectivity index (χ1) is 14.2. The highest BCUT2D eigenvalue weighted by molar-refractivity contribution is 6.34. The maximum Gasteiger partial charge on any atom is 0.154 e. The van der Waals surface area contributed by atoms with Crippen LogP contribution in [-0.4, -0.2) is 27.8 Å². The number of nitrogens with zero attached hydrogens (tertiary/aromatic N) is 1. The van der Waals surface area contributed by atoms with Gasteiger partial charge in [0.15, 0.2) is 11.6 Å². The zero-order valence-electron chi connectivity index (χ0n) is 17.2. The molecule has 2 aliphatic heterocycles. The van der Waals surface area contributed by atoms with Gasteiger partial charge in [-0.15, -0.1) is 0 Å². The zero-order chi connectivity index (χ0) is 21.4. The highest BCUT2D eigenvalue weighted by atomic mass is 35.5. The van der Waals surface area contributed by atoms with E-state index in [2.05, 4.69) is 4.98 Å². The monoisotopic (exact) mass is 443 g/mol. The van der Waals surface area contributed by atoms with Gasteiger partial charge in [-0.1, -0.05) is 42.3 Å². The quantitative estimate of drug-likeness (QED) is 0.468. The summed E-state index contributed by atoms with van der Waals surface area (Å²) in [7, 11) is 0. The summed E-state index contributed by atoms with van der Waals surface area (Å²) in [5, 5.41) is 0.616. The molecule has 30 heavy (non-hydrogen) atoms. The highest BCUT2D eigenvalue weighted by Gasteiger charge is 2.72. The van der Waals surface area contributed by atoms with Gasteiger partial charge in [-0.2, -0.15) is 0 Å². The number of halogens is 2. The second kappa shape index (κ2) is 6.62. The van der Waals surface area contributed by atoms with Crippen LogP contribution in [0.3, 0.4) is 0 Å². The topological polar surface area (TPSA) is 56.3 Å². The fourth-order valence-corrected chi connectivity index (χ4v) is 6.44. The maximum atomic E-state index is 13.6. The molecule has 156 valence electrons. The molecule has 1 aromatic heterocycles. The van der Waals surface area contributed by atoms with Gasteiger partial charge in [-0.25, -0.2) is 4.98 Å². The van der Waals surface area contributed by atoms with Crippen LogP contribution in [-0.2, 0) is 20.7 Å². The summed E-state index contributed by atoms with van der Waals surface area (Å²) in [5.41, 5.74) is 2.28. The van der Waals surface area contributed by atoms with Gasteiger partial charge in [-0.3, -0.25) is 9.59 Å². The molecule has 4 nitrogen and oxygen atoms in total. The van der Waals surface area contributed by atoms with Crippen LogP contribution >= 0.6 is 23.2 Å². The van der Waals surface area contributed by atoms with Crippen molar-refractivity contribution in [3.05, 3.63) is 51.8 Å². The van der Waals surface area contributed by atoms with Crippen molar-refractivity contribution >= 4 is 34.8 Å². The van der Waals surface area contributed by atoms with E-state index in [1.54, 1.807) is 6.07 Å². The fraction of sp³-hybridized carbons (Fsp3) is 0.458. The molecule has 1 aliphatic carbocycles. The van der Waals surface area contributed by atoms with E-state index in [9.17, 15) is 9.59 Å². The predicted octanol–water partition coefficient (Wildman–Crippen LogP) is 5.43. The number of ether oxygens (including phenoxy) is 1. The van der Waals surface area contributed by atoms with Crippen LogP contribution in [0.15, 0.2) is 30.3 Å². The number of fused-ring (bicyclic) bond motifs is 5. The van der Waals surface area contributed by atoms with E-state index in [0.29, 0.717) is 10.3 Å². The van der Waals surface area contributed by atoms with Crippen molar-refractivity contribution in [2.24, 2.45) is 11.8 Å². The van der Waals surface area contributed by atoms with Gasteiger partial charge in [0.05, 0.1) is 23.0 Å². The molecule has 2 aromatic rings. The summed E-state index contributed by atoms with van der Waals surface area (Å²) in [6, 6.07) is 9.37. The van der Waals surface area contributed by atoms with Crippen molar-refractivity contribution in [1.29, 1.82) is 0 Å². The summed E-state index contributed by atoms with van der Waals surface area (Å²) >= 11 is 12.3. The molecule has 0 amide bonds. The van der Waals surface area contributed by atoms with Gasteiger partial charge < -0.3 is 4.74 Å². The molecule has 0 spiro atoms. The first-order valence-corrected chi connectivity index (χ1v) is 11.2. The highest BCUT2D eigenvalue weighted by Crippen LogP contribution is 2.62. The minimum atomic E-state index is -0.741. The molecule has 3 fully saturated rings. The summed E-state index contributed by atoms with van der Waals surface area (Å²) in [5.74, 6) is -1.45. The summed E-state index contributed by atoms with van der Waals surface area (Å²) in [6.45, 7) is 6.02. The second-order valence-electron chi connectivity index (χ2n) is 9.16. The Bertz CT molecular complexity index is 1070. The standard InChI is InChI=1S/C24H23Cl2NO3/c1-4-12-5-6-13(14-7-8-16(25)27-22(14)26)11-15(12)17-20(28)18-19(21(17)29)24(3)10-9-23(18,2)30-24/h5-8,11,17-19H,4,9-10H2,1-3H3/t17?,18-,19+,23-,24+. The SMILES string of the molecule is CCc1ccc(-c2ccc(Cl)nc2Cl)cc1C1C(=O)[C@@H]2[C@H](C1=O)[C@@]1(C)CC[C@]2(C)O1. The second-order valence-corrected chi connectivity index (χ2v) is 9.91.